The summed E-state index contributed by atoms with van der Waals surface area (Å²) in [5, 5.41) is -0.205. The minimum absolute atomic E-state index is 0.137. The zero-order chi connectivity index (χ0) is 24.1. The standard InChI is InChI=1S/C22H40N2O5SSi/c1-10-11-17-24(29-31(8,9)22(5,6)7)30(26,27)23(20(25)28-21(2,3)4)18-19-15-13-12-14-16-19/h12-16H,10-11,17-18H2,1-9H3. The molecule has 0 saturated carbocycles. The molecule has 0 spiro atoms. The molecule has 1 aromatic carbocycles. The largest absolute Gasteiger partial charge is 0.443 e. The molecule has 0 aliphatic heterocycles. The molecule has 0 saturated heterocycles. The summed E-state index contributed by atoms with van der Waals surface area (Å²) in [5.41, 5.74) is -0.157. The number of hydrogen-bond acceptors (Lipinski definition) is 5. The molecule has 0 aromatic heterocycles. The van der Waals surface area contributed by atoms with Crippen molar-refractivity contribution in [1.29, 1.82) is 0 Å². The van der Waals surface area contributed by atoms with Gasteiger partial charge in [-0.15, -0.1) is 0 Å². The first-order valence-electron chi connectivity index (χ1n) is 10.8. The zero-order valence-corrected chi connectivity index (χ0v) is 22.4. The lowest BCUT2D eigenvalue weighted by atomic mass is 10.2. The quantitative estimate of drug-likeness (QED) is 0.340. The molecule has 0 fully saturated rings. The highest BCUT2D eigenvalue weighted by molar-refractivity contribution is 7.87. The minimum atomic E-state index is -4.29. The number of rotatable bonds is 9. The Morgan fingerprint density at radius 1 is 1.03 bits per heavy atom. The van der Waals surface area contributed by atoms with Crippen LogP contribution in [0.5, 0.6) is 0 Å². The summed E-state index contributed by atoms with van der Waals surface area (Å²) < 4.78 is 40.9. The van der Waals surface area contributed by atoms with E-state index >= 15 is 0 Å². The van der Waals surface area contributed by atoms with E-state index in [0.717, 1.165) is 15.2 Å². The van der Waals surface area contributed by atoms with Gasteiger partial charge in [-0.05, 0) is 50.9 Å². The molecule has 178 valence electrons. The van der Waals surface area contributed by atoms with Crippen LogP contribution in [0.1, 0.15) is 66.9 Å². The Hall–Kier alpha value is -1.42. The molecule has 0 heterocycles. The molecule has 0 unspecified atom stereocenters. The maximum atomic E-state index is 13.7. The van der Waals surface area contributed by atoms with Crippen molar-refractivity contribution in [1.82, 2.24) is 8.77 Å². The molecule has 0 radical (unpaired) electrons. The average Bonchev–Trinajstić information content (AvgIpc) is 2.61. The number of benzene rings is 1. The normalized spacial score (nSPS) is 13.4. The van der Waals surface area contributed by atoms with Crippen LogP contribution in [0.3, 0.4) is 0 Å². The van der Waals surface area contributed by atoms with E-state index in [4.69, 9.17) is 9.26 Å². The maximum absolute atomic E-state index is 13.7. The third-order valence-corrected chi connectivity index (χ3v) is 11.2. The Bertz CT molecular complexity index is 815. The highest BCUT2D eigenvalue weighted by Crippen LogP contribution is 2.38. The Morgan fingerprint density at radius 2 is 1.58 bits per heavy atom. The molecule has 0 aliphatic carbocycles. The van der Waals surface area contributed by atoms with Crippen LogP contribution in [0.2, 0.25) is 18.1 Å². The Morgan fingerprint density at radius 3 is 2.03 bits per heavy atom. The van der Waals surface area contributed by atoms with Gasteiger partial charge in [-0.3, -0.25) is 0 Å². The van der Waals surface area contributed by atoms with Crippen molar-refractivity contribution in [2.45, 2.75) is 91.6 Å². The minimum Gasteiger partial charge on any atom is -0.443 e. The van der Waals surface area contributed by atoms with Gasteiger partial charge in [0.25, 0.3) is 0 Å². The molecule has 0 atom stereocenters. The van der Waals surface area contributed by atoms with Gasteiger partial charge < -0.3 is 9.26 Å². The van der Waals surface area contributed by atoms with Crippen LogP contribution in [-0.4, -0.2) is 43.7 Å². The summed E-state index contributed by atoms with van der Waals surface area (Å²) in [6.07, 6.45) is 0.482. The second-order valence-corrected chi connectivity index (χ2v) is 16.7. The van der Waals surface area contributed by atoms with E-state index < -0.39 is 30.2 Å². The second-order valence-electron chi connectivity index (χ2n) is 10.2. The lowest BCUT2D eigenvalue weighted by Crippen LogP contribution is -2.54. The fourth-order valence-corrected chi connectivity index (χ4v) is 5.23. The number of nitrogens with zero attached hydrogens (tertiary/aromatic N) is 2. The first-order chi connectivity index (χ1) is 14.0. The van der Waals surface area contributed by atoms with Gasteiger partial charge in [0.2, 0.25) is 8.32 Å². The molecule has 9 heteroatoms. The van der Waals surface area contributed by atoms with Crippen molar-refractivity contribution in [3.63, 3.8) is 0 Å². The summed E-state index contributed by atoms with van der Waals surface area (Å²) in [6, 6.07) is 8.99. The van der Waals surface area contributed by atoms with Crippen LogP contribution in [0.25, 0.3) is 0 Å². The van der Waals surface area contributed by atoms with Crippen LogP contribution in [0.4, 0.5) is 4.79 Å². The molecule has 1 amide bonds. The van der Waals surface area contributed by atoms with Crippen molar-refractivity contribution in [2.75, 3.05) is 6.54 Å². The molecule has 1 aromatic rings. The highest BCUT2D eigenvalue weighted by Gasteiger charge is 2.45. The number of ether oxygens (including phenoxy) is 1. The highest BCUT2D eigenvalue weighted by atomic mass is 32.2. The van der Waals surface area contributed by atoms with E-state index in [9.17, 15) is 13.2 Å². The second kappa shape index (κ2) is 10.5. The topological polar surface area (TPSA) is 76.2 Å². The first kappa shape index (κ1) is 27.6. The molecule has 0 bridgehead atoms. The first-order valence-corrected chi connectivity index (χ1v) is 15.1. The van der Waals surface area contributed by atoms with Gasteiger partial charge in [0, 0.05) is 6.54 Å². The van der Waals surface area contributed by atoms with Crippen molar-refractivity contribution in [3.8, 4) is 0 Å². The fraction of sp³-hybridized carbons (Fsp3) is 0.682. The molecule has 7 nitrogen and oxygen atoms in total. The summed E-state index contributed by atoms with van der Waals surface area (Å²) in [5.74, 6) is 0. The molecular formula is C22H40N2O5SSi. The third kappa shape index (κ3) is 8.21. The van der Waals surface area contributed by atoms with Gasteiger partial charge in [0.1, 0.15) is 5.60 Å². The molecule has 31 heavy (non-hydrogen) atoms. The third-order valence-electron chi connectivity index (χ3n) is 5.13. The Balaban J connectivity index is 3.41. The summed E-state index contributed by atoms with van der Waals surface area (Å²) in [6.45, 7) is 17.2. The Labute approximate surface area is 190 Å². The predicted octanol–water partition coefficient (Wildman–Crippen LogP) is 5.71. The number of carbonyl (C=O) groups is 1. The van der Waals surface area contributed by atoms with Gasteiger partial charge in [-0.2, -0.15) is 12.7 Å². The molecule has 0 N–H and O–H groups in total. The van der Waals surface area contributed by atoms with E-state index in [1.807, 2.05) is 46.9 Å². The van der Waals surface area contributed by atoms with E-state index in [1.165, 1.54) is 0 Å². The Kier molecular flexibility index (Phi) is 9.32. The monoisotopic (exact) mass is 472 g/mol. The van der Waals surface area contributed by atoms with Crippen LogP contribution in [0, 0.1) is 0 Å². The number of unbranched alkanes of at least 4 members (excludes halogenated alkanes) is 1. The van der Waals surface area contributed by atoms with Crippen molar-refractivity contribution >= 4 is 24.6 Å². The van der Waals surface area contributed by atoms with E-state index in [0.29, 0.717) is 12.0 Å². The van der Waals surface area contributed by atoms with Crippen LogP contribution in [0.15, 0.2) is 30.3 Å². The lowest BCUT2D eigenvalue weighted by molar-refractivity contribution is 0.00310. The van der Waals surface area contributed by atoms with Crippen molar-refractivity contribution in [3.05, 3.63) is 35.9 Å². The number of hydroxylamine groups is 1. The van der Waals surface area contributed by atoms with Gasteiger partial charge in [-0.25, -0.2) is 4.79 Å². The number of amides is 1. The summed E-state index contributed by atoms with van der Waals surface area (Å²) in [7, 11) is -6.77. The smallest absolute Gasteiger partial charge is 0.425 e. The van der Waals surface area contributed by atoms with E-state index in [-0.39, 0.29) is 18.1 Å². The van der Waals surface area contributed by atoms with Crippen LogP contribution >= 0.6 is 0 Å². The van der Waals surface area contributed by atoms with E-state index in [1.54, 1.807) is 45.0 Å². The summed E-state index contributed by atoms with van der Waals surface area (Å²) >= 11 is 0. The van der Waals surface area contributed by atoms with E-state index in [2.05, 4.69) is 0 Å². The lowest BCUT2D eigenvalue weighted by Gasteiger charge is -2.40. The van der Waals surface area contributed by atoms with Crippen molar-refractivity contribution in [2.24, 2.45) is 0 Å². The fourth-order valence-electron chi connectivity index (χ4n) is 2.30. The SMILES string of the molecule is CCCCN(O[Si](C)(C)C(C)(C)C)S(=O)(=O)N(Cc1ccccc1)C(=O)OC(C)(C)C. The van der Waals surface area contributed by atoms with Gasteiger partial charge in [0.15, 0.2) is 0 Å². The molecule has 1 rings (SSSR count). The molecular weight excluding hydrogens is 432 g/mol. The predicted molar refractivity (Wildman–Crippen MR) is 127 cm³/mol. The average molecular weight is 473 g/mol. The zero-order valence-electron chi connectivity index (χ0n) is 20.6. The number of carbonyl (C=O) groups excluding carboxylic acids is 1. The maximum Gasteiger partial charge on any atom is 0.425 e. The van der Waals surface area contributed by atoms with Crippen LogP contribution in [-0.2, 0) is 26.0 Å². The van der Waals surface area contributed by atoms with Gasteiger partial charge in [0.05, 0.1) is 6.54 Å². The number of hydrogen-bond donors (Lipinski definition) is 0. The summed E-state index contributed by atoms with van der Waals surface area (Å²) in [4.78, 5) is 13.0. The van der Waals surface area contributed by atoms with Crippen molar-refractivity contribution < 1.29 is 22.5 Å². The van der Waals surface area contributed by atoms with Gasteiger partial charge >= 0.3 is 16.3 Å². The van der Waals surface area contributed by atoms with Gasteiger partial charge in [-0.1, -0.05) is 68.9 Å². The molecule has 0 aliphatic rings. The van der Waals surface area contributed by atoms with Crippen LogP contribution < -0.4 is 0 Å².